The maximum Gasteiger partial charge on any atom is 0.256 e. The van der Waals surface area contributed by atoms with Crippen LogP contribution in [0.15, 0.2) is 6.20 Å². The average Bonchev–Trinajstić information content (AvgIpc) is 2.54. The van der Waals surface area contributed by atoms with Crippen LogP contribution in [0, 0.1) is 5.41 Å². The Balaban J connectivity index is 2.63. The number of carbonyl (C=O) groups excluding carboxylic acids is 2. The number of hydrogen-bond donors (Lipinski definition) is 1. The Morgan fingerprint density at radius 1 is 1.47 bits per heavy atom. The molecule has 1 N–H and O–H groups in total. The number of nitrogens with zero attached hydrogens (tertiary/aromatic N) is 2. The van der Waals surface area contributed by atoms with E-state index in [1.165, 1.54) is 10.9 Å². The summed E-state index contributed by atoms with van der Waals surface area (Å²) in [7, 11) is 1.64. The lowest BCUT2D eigenvalue weighted by Crippen LogP contribution is -2.35. The van der Waals surface area contributed by atoms with E-state index >= 15 is 0 Å². The molecule has 0 spiro atoms. The van der Waals surface area contributed by atoms with Crippen LogP contribution in [0.1, 0.15) is 31.1 Å². The zero-order valence-corrected chi connectivity index (χ0v) is 11.1. The fourth-order valence-corrected chi connectivity index (χ4v) is 1.27. The third kappa shape index (κ3) is 3.30. The Labute approximate surface area is 105 Å². The number of aromatic nitrogens is 2. The van der Waals surface area contributed by atoms with E-state index in [-0.39, 0.29) is 29.0 Å². The van der Waals surface area contributed by atoms with Gasteiger partial charge < -0.3 is 5.32 Å². The van der Waals surface area contributed by atoms with Crippen LogP contribution in [0.2, 0.25) is 5.15 Å². The smallest absolute Gasteiger partial charge is 0.256 e. The summed E-state index contributed by atoms with van der Waals surface area (Å²) in [6.45, 7) is 5.41. The predicted molar refractivity (Wildman–Crippen MR) is 65.0 cm³/mol. The molecular formula is C11H16ClN3O2. The van der Waals surface area contributed by atoms with E-state index in [1.54, 1.807) is 27.8 Å². The normalized spacial score (nSPS) is 11.4. The van der Waals surface area contributed by atoms with Gasteiger partial charge in [0.05, 0.1) is 18.3 Å². The lowest BCUT2D eigenvalue weighted by molar-refractivity contribution is -0.125. The van der Waals surface area contributed by atoms with E-state index in [9.17, 15) is 9.59 Å². The minimum absolute atomic E-state index is 0.00639. The van der Waals surface area contributed by atoms with Crippen molar-refractivity contribution in [2.24, 2.45) is 12.5 Å². The van der Waals surface area contributed by atoms with Crippen LogP contribution < -0.4 is 5.32 Å². The first-order valence-corrected chi connectivity index (χ1v) is 5.60. The molecular weight excluding hydrogens is 242 g/mol. The van der Waals surface area contributed by atoms with Gasteiger partial charge in [0, 0.05) is 12.5 Å². The van der Waals surface area contributed by atoms with Gasteiger partial charge in [-0.05, 0) is 0 Å². The summed E-state index contributed by atoms with van der Waals surface area (Å²) < 4.78 is 1.39. The van der Waals surface area contributed by atoms with Crippen molar-refractivity contribution in [1.82, 2.24) is 15.1 Å². The van der Waals surface area contributed by atoms with Gasteiger partial charge in [0.2, 0.25) is 0 Å². The van der Waals surface area contributed by atoms with E-state index in [0.29, 0.717) is 0 Å². The van der Waals surface area contributed by atoms with Crippen LogP contribution in [-0.2, 0) is 11.8 Å². The van der Waals surface area contributed by atoms with Gasteiger partial charge in [0.15, 0.2) is 5.78 Å². The molecule has 0 aliphatic rings. The molecule has 5 nitrogen and oxygen atoms in total. The Morgan fingerprint density at radius 2 is 2.06 bits per heavy atom. The molecule has 0 bridgehead atoms. The highest BCUT2D eigenvalue weighted by Crippen LogP contribution is 2.15. The first kappa shape index (κ1) is 13.7. The standard InChI is InChI=1S/C11H16ClN3O2/c1-11(2,3)8(16)6-13-10(17)7-5-14-15(4)9(7)12/h5H,6H2,1-4H3,(H,13,17). The molecule has 17 heavy (non-hydrogen) atoms. The Kier molecular flexibility index (Phi) is 3.93. The van der Waals surface area contributed by atoms with Crippen molar-refractivity contribution in [2.45, 2.75) is 20.8 Å². The highest BCUT2D eigenvalue weighted by atomic mass is 35.5. The van der Waals surface area contributed by atoms with Crippen molar-refractivity contribution in [1.29, 1.82) is 0 Å². The summed E-state index contributed by atoms with van der Waals surface area (Å²) in [5.74, 6) is -0.424. The van der Waals surface area contributed by atoms with Gasteiger partial charge >= 0.3 is 0 Å². The first-order valence-electron chi connectivity index (χ1n) is 5.22. The topological polar surface area (TPSA) is 64.0 Å². The van der Waals surface area contributed by atoms with Crippen LogP contribution in [-0.4, -0.2) is 28.0 Å². The van der Waals surface area contributed by atoms with Gasteiger partial charge in [-0.3, -0.25) is 14.3 Å². The molecule has 0 saturated heterocycles. The highest BCUT2D eigenvalue weighted by Gasteiger charge is 2.22. The van der Waals surface area contributed by atoms with Crippen molar-refractivity contribution in [3.05, 3.63) is 16.9 Å². The molecule has 94 valence electrons. The predicted octanol–water partition coefficient (Wildman–Crippen LogP) is 1.42. The number of halogens is 1. The van der Waals surface area contributed by atoms with Crippen molar-refractivity contribution >= 4 is 23.3 Å². The van der Waals surface area contributed by atoms with Crippen LogP contribution in [0.5, 0.6) is 0 Å². The molecule has 6 heteroatoms. The minimum atomic E-state index is -0.466. The van der Waals surface area contributed by atoms with Gasteiger partial charge in [0.1, 0.15) is 5.15 Å². The lowest BCUT2D eigenvalue weighted by atomic mass is 9.91. The zero-order chi connectivity index (χ0) is 13.2. The number of ketones is 1. The van der Waals surface area contributed by atoms with E-state index in [2.05, 4.69) is 10.4 Å². The number of amides is 1. The van der Waals surface area contributed by atoms with Crippen LogP contribution in [0.4, 0.5) is 0 Å². The molecule has 0 atom stereocenters. The maximum absolute atomic E-state index is 11.7. The molecule has 0 saturated carbocycles. The number of aryl methyl sites for hydroxylation is 1. The van der Waals surface area contributed by atoms with Gasteiger partial charge in [-0.1, -0.05) is 32.4 Å². The lowest BCUT2D eigenvalue weighted by Gasteiger charge is -2.16. The van der Waals surface area contributed by atoms with Crippen molar-refractivity contribution in [3.63, 3.8) is 0 Å². The van der Waals surface area contributed by atoms with Crippen molar-refractivity contribution in [2.75, 3.05) is 6.54 Å². The average molecular weight is 258 g/mol. The van der Waals surface area contributed by atoms with Crippen LogP contribution in [0.3, 0.4) is 0 Å². The number of nitrogens with one attached hydrogen (secondary N) is 1. The molecule has 0 aliphatic heterocycles. The molecule has 0 unspecified atom stereocenters. The third-order valence-corrected chi connectivity index (χ3v) is 2.81. The van der Waals surface area contributed by atoms with E-state index in [0.717, 1.165) is 0 Å². The molecule has 0 aromatic carbocycles. The summed E-state index contributed by atoms with van der Waals surface area (Å²) in [5, 5.41) is 6.64. The number of carbonyl (C=O) groups is 2. The quantitative estimate of drug-likeness (QED) is 0.891. The van der Waals surface area contributed by atoms with Gasteiger partial charge in [0.25, 0.3) is 5.91 Å². The fraction of sp³-hybridized carbons (Fsp3) is 0.545. The van der Waals surface area contributed by atoms with Crippen molar-refractivity contribution < 1.29 is 9.59 Å². The number of rotatable bonds is 3. The molecule has 1 heterocycles. The van der Waals surface area contributed by atoms with Crippen LogP contribution in [0.25, 0.3) is 0 Å². The Hall–Kier alpha value is -1.36. The van der Waals surface area contributed by atoms with Gasteiger partial charge in [-0.25, -0.2) is 0 Å². The van der Waals surface area contributed by atoms with Gasteiger partial charge in [-0.15, -0.1) is 0 Å². The molecule has 0 radical (unpaired) electrons. The largest absolute Gasteiger partial charge is 0.345 e. The number of Topliss-reactive ketones (excluding diaryl/α,β-unsaturated/α-hetero) is 1. The Bertz CT molecular complexity index is 446. The highest BCUT2D eigenvalue weighted by molar-refractivity contribution is 6.32. The molecule has 1 amide bonds. The van der Waals surface area contributed by atoms with E-state index in [1.807, 2.05) is 0 Å². The monoisotopic (exact) mass is 257 g/mol. The molecule has 1 aromatic heterocycles. The summed E-state index contributed by atoms with van der Waals surface area (Å²) >= 11 is 5.86. The molecule has 1 rings (SSSR count). The number of hydrogen-bond acceptors (Lipinski definition) is 3. The second-order valence-electron chi connectivity index (χ2n) is 4.83. The second kappa shape index (κ2) is 4.87. The SMILES string of the molecule is Cn1ncc(C(=O)NCC(=O)C(C)(C)C)c1Cl. The fourth-order valence-electron chi connectivity index (χ4n) is 1.10. The minimum Gasteiger partial charge on any atom is -0.345 e. The van der Waals surface area contributed by atoms with E-state index in [4.69, 9.17) is 11.6 Å². The molecule has 0 aliphatic carbocycles. The van der Waals surface area contributed by atoms with E-state index < -0.39 is 5.41 Å². The zero-order valence-electron chi connectivity index (χ0n) is 10.4. The van der Waals surface area contributed by atoms with Gasteiger partial charge in [-0.2, -0.15) is 5.10 Å². The third-order valence-electron chi connectivity index (χ3n) is 2.36. The van der Waals surface area contributed by atoms with Crippen LogP contribution >= 0.6 is 11.6 Å². The molecule has 1 aromatic rings. The summed E-state index contributed by atoms with van der Waals surface area (Å²) in [4.78, 5) is 23.3. The molecule has 0 fully saturated rings. The summed E-state index contributed by atoms with van der Waals surface area (Å²) in [5.41, 5.74) is -0.192. The summed E-state index contributed by atoms with van der Waals surface area (Å²) in [6, 6.07) is 0. The van der Waals surface area contributed by atoms with Crippen molar-refractivity contribution in [3.8, 4) is 0 Å². The first-order chi connectivity index (χ1) is 7.73. The summed E-state index contributed by atoms with van der Waals surface area (Å²) in [6.07, 6.45) is 1.37. The Morgan fingerprint density at radius 3 is 2.47 bits per heavy atom. The second-order valence-corrected chi connectivity index (χ2v) is 5.19. The maximum atomic E-state index is 11.7.